The fraction of sp³-hybridized carbons (Fsp3) is 0.222. The maximum atomic E-state index is 10.7. The highest BCUT2D eigenvalue weighted by molar-refractivity contribution is 9.10. The third-order valence-corrected chi connectivity index (χ3v) is 2.55. The molecule has 0 radical (unpaired) electrons. The molecule has 0 saturated heterocycles. The van der Waals surface area contributed by atoms with Crippen molar-refractivity contribution in [2.75, 3.05) is 0 Å². The Hall–Kier alpha value is -1.43. The number of carbonyl (C=O) groups is 1. The number of benzene rings is 1. The predicted molar refractivity (Wildman–Crippen MR) is 56.9 cm³/mol. The van der Waals surface area contributed by atoms with Crippen LogP contribution in [0.2, 0.25) is 0 Å². The molecule has 0 unspecified atom stereocenters. The molecule has 1 aromatic rings. The van der Waals surface area contributed by atoms with Gasteiger partial charge in [0.2, 0.25) is 0 Å². The third-order valence-electron chi connectivity index (χ3n) is 1.84. The van der Waals surface area contributed by atoms with Crippen molar-refractivity contribution in [3.05, 3.63) is 37.8 Å². The van der Waals surface area contributed by atoms with Crippen molar-refractivity contribution >= 4 is 27.6 Å². The average molecular weight is 274 g/mol. The van der Waals surface area contributed by atoms with Crippen molar-refractivity contribution in [1.29, 1.82) is 0 Å². The lowest BCUT2D eigenvalue weighted by Crippen LogP contribution is -2.05. The Bertz CT molecular complexity index is 430. The number of aryl methyl sites for hydroxylation is 1. The first kappa shape index (κ1) is 11.6. The van der Waals surface area contributed by atoms with Gasteiger partial charge in [-0.15, -0.1) is 0 Å². The minimum atomic E-state index is -1.09. The third kappa shape index (κ3) is 2.76. The molecule has 80 valence electrons. The fourth-order valence-electron chi connectivity index (χ4n) is 1.24. The highest BCUT2D eigenvalue weighted by Gasteiger charge is 2.19. The molecule has 0 bridgehead atoms. The first-order valence-corrected chi connectivity index (χ1v) is 4.86. The quantitative estimate of drug-likeness (QED) is 0.677. The summed E-state index contributed by atoms with van der Waals surface area (Å²) in [5, 5.41) is 19.3. The van der Waals surface area contributed by atoms with E-state index in [-0.39, 0.29) is 17.7 Å². The van der Waals surface area contributed by atoms with Gasteiger partial charge in [-0.25, -0.2) is 0 Å². The molecule has 0 amide bonds. The van der Waals surface area contributed by atoms with E-state index in [9.17, 15) is 14.9 Å². The van der Waals surface area contributed by atoms with Gasteiger partial charge in [0.05, 0.1) is 16.9 Å². The number of nitro benzene ring substituents is 1. The zero-order chi connectivity index (χ0) is 11.6. The second kappa shape index (κ2) is 4.39. The smallest absolute Gasteiger partial charge is 0.308 e. The number of nitro groups is 1. The van der Waals surface area contributed by atoms with Gasteiger partial charge in [-0.2, -0.15) is 0 Å². The predicted octanol–water partition coefficient (Wildman–Crippen LogP) is 2.29. The van der Waals surface area contributed by atoms with Gasteiger partial charge in [0.1, 0.15) is 0 Å². The number of carboxylic acid groups (broad SMARTS) is 1. The number of nitrogens with zero attached hydrogens (tertiary/aromatic N) is 1. The van der Waals surface area contributed by atoms with Crippen LogP contribution in [0.5, 0.6) is 0 Å². The molecule has 6 heteroatoms. The standard InChI is InChI=1S/C9H8BrNO4/c1-5-2-7(10)6(4-9(12)13)8(3-5)11(14)15/h2-3H,4H2,1H3,(H,12,13). The Morgan fingerprint density at radius 3 is 2.67 bits per heavy atom. The normalized spacial score (nSPS) is 10.0. The van der Waals surface area contributed by atoms with E-state index >= 15 is 0 Å². The van der Waals surface area contributed by atoms with Crippen molar-refractivity contribution in [3.63, 3.8) is 0 Å². The van der Waals surface area contributed by atoms with Crippen LogP contribution in [-0.2, 0) is 11.2 Å². The molecule has 0 heterocycles. The molecule has 0 aliphatic carbocycles. The molecular formula is C9H8BrNO4. The molecule has 0 spiro atoms. The Morgan fingerprint density at radius 1 is 1.60 bits per heavy atom. The second-order valence-corrected chi connectivity index (χ2v) is 3.93. The van der Waals surface area contributed by atoms with Gasteiger partial charge in [-0.1, -0.05) is 15.9 Å². The lowest BCUT2D eigenvalue weighted by Gasteiger charge is -2.04. The number of hydrogen-bond donors (Lipinski definition) is 1. The molecule has 1 N–H and O–H groups in total. The second-order valence-electron chi connectivity index (χ2n) is 3.07. The van der Waals surface area contributed by atoms with E-state index in [1.54, 1.807) is 13.0 Å². The van der Waals surface area contributed by atoms with Crippen molar-refractivity contribution in [3.8, 4) is 0 Å². The van der Waals surface area contributed by atoms with Crippen LogP contribution in [0.3, 0.4) is 0 Å². The molecule has 0 saturated carbocycles. The SMILES string of the molecule is Cc1cc(Br)c(CC(=O)O)c([N+](=O)[O-])c1. The van der Waals surface area contributed by atoms with E-state index in [0.29, 0.717) is 10.0 Å². The van der Waals surface area contributed by atoms with E-state index in [1.165, 1.54) is 6.07 Å². The summed E-state index contributed by atoms with van der Waals surface area (Å²) in [6, 6.07) is 3.02. The van der Waals surface area contributed by atoms with Gasteiger partial charge in [0.25, 0.3) is 5.69 Å². The number of carboxylic acids is 1. The first-order chi connectivity index (χ1) is 6.91. The summed E-state index contributed by atoms with van der Waals surface area (Å²) >= 11 is 3.13. The van der Waals surface area contributed by atoms with Crippen LogP contribution in [0.1, 0.15) is 11.1 Å². The van der Waals surface area contributed by atoms with Crippen molar-refractivity contribution in [1.82, 2.24) is 0 Å². The van der Waals surface area contributed by atoms with Gasteiger partial charge in [0, 0.05) is 10.5 Å². The summed E-state index contributed by atoms with van der Waals surface area (Å²) in [4.78, 5) is 20.7. The molecular weight excluding hydrogens is 266 g/mol. The highest BCUT2D eigenvalue weighted by atomic mass is 79.9. The van der Waals surface area contributed by atoms with Gasteiger partial charge in [-0.3, -0.25) is 14.9 Å². The zero-order valence-electron chi connectivity index (χ0n) is 7.86. The van der Waals surface area contributed by atoms with E-state index in [1.807, 2.05) is 0 Å². The van der Waals surface area contributed by atoms with Gasteiger partial charge in [-0.05, 0) is 18.6 Å². The number of rotatable bonds is 3. The van der Waals surface area contributed by atoms with Crippen molar-refractivity contribution in [2.24, 2.45) is 0 Å². The number of aliphatic carboxylic acids is 1. The lowest BCUT2D eigenvalue weighted by molar-refractivity contribution is -0.385. The van der Waals surface area contributed by atoms with Crippen LogP contribution >= 0.6 is 15.9 Å². The largest absolute Gasteiger partial charge is 0.481 e. The van der Waals surface area contributed by atoms with Crippen molar-refractivity contribution < 1.29 is 14.8 Å². The summed E-state index contributed by atoms with van der Waals surface area (Å²) in [7, 11) is 0. The Balaban J connectivity index is 3.33. The molecule has 0 aliphatic heterocycles. The van der Waals surface area contributed by atoms with Gasteiger partial charge >= 0.3 is 5.97 Å². The summed E-state index contributed by atoms with van der Waals surface area (Å²) in [5.74, 6) is -1.09. The van der Waals surface area contributed by atoms with E-state index in [2.05, 4.69) is 15.9 Å². The number of hydrogen-bond acceptors (Lipinski definition) is 3. The summed E-state index contributed by atoms with van der Waals surface area (Å²) in [5.41, 5.74) is 0.741. The molecule has 0 aromatic heterocycles. The first-order valence-electron chi connectivity index (χ1n) is 4.07. The molecule has 0 aliphatic rings. The molecule has 0 atom stereocenters. The molecule has 15 heavy (non-hydrogen) atoms. The van der Waals surface area contributed by atoms with Crippen LogP contribution < -0.4 is 0 Å². The Morgan fingerprint density at radius 2 is 2.20 bits per heavy atom. The maximum Gasteiger partial charge on any atom is 0.308 e. The Labute approximate surface area is 94.0 Å². The zero-order valence-corrected chi connectivity index (χ0v) is 9.44. The minimum absolute atomic E-state index is 0.163. The van der Waals surface area contributed by atoms with Gasteiger partial charge in [0.15, 0.2) is 0 Å². The summed E-state index contributed by atoms with van der Waals surface area (Å²) < 4.78 is 0.455. The monoisotopic (exact) mass is 273 g/mol. The van der Waals surface area contributed by atoms with E-state index < -0.39 is 10.9 Å². The van der Waals surface area contributed by atoms with Crippen LogP contribution in [0.15, 0.2) is 16.6 Å². The molecule has 1 aromatic carbocycles. The van der Waals surface area contributed by atoms with Crippen LogP contribution in [-0.4, -0.2) is 16.0 Å². The molecule has 0 fully saturated rings. The van der Waals surface area contributed by atoms with Crippen LogP contribution in [0.25, 0.3) is 0 Å². The average Bonchev–Trinajstić information content (AvgIpc) is 2.08. The minimum Gasteiger partial charge on any atom is -0.481 e. The van der Waals surface area contributed by atoms with E-state index in [0.717, 1.165) is 0 Å². The maximum absolute atomic E-state index is 10.7. The number of halogens is 1. The Kier molecular flexibility index (Phi) is 3.41. The van der Waals surface area contributed by atoms with Crippen LogP contribution in [0, 0.1) is 17.0 Å². The summed E-state index contributed by atoms with van der Waals surface area (Å²) in [6.07, 6.45) is -0.364. The van der Waals surface area contributed by atoms with Gasteiger partial charge < -0.3 is 5.11 Å². The molecule has 5 nitrogen and oxygen atoms in total. The highest BCUT2D eigenvalue weighted by Crippen LogP contribution is 2.28. The van der Waals surface area contributed by atoms with E-state index in [4.69, 9.17) is 5.11 Å². The lowest BCUT2D eigenvalue weighted by atomic mass is 10.1. The molecule has 1 rings (SSSR count). The van der Waals surface area contributed by atoms with Crippen molar-refractivity contribution in [2.45, 2.75) is 13.3 Å². The van der Waals surface area contributed by atoms with Crippen LogP contribution in [0.4, 0.5) is 5.69 Å². The topological polar surface area (TPSA) is 80.4 Å². The fourth-order valence-corrected chi connectivity index (χ4v) is 1.95. The summed E-state index contributed by atoms with van der Waals surface area (Å²) in [6.45, 7) is 1.71.